The molecule has 0 atom stereocenters. The Morgan fingerprint density at radius 2 is 2.00 bits per heavy atom. The van der Waals surface area contributed by atoms with Gasteiger partial charge in [-0.25, -0.2) is 4.98 Å². The van der Waals surface area contributed by atoms with E-state index in [1.54, 1.807) is 31.6 Å². The Balaban J connectivity index is 1.34. The second-order valence-corrected chi connectivity index (χ2v) is 8.45. The maximum absolute atomic E-state index is 12.3. The number of para-hydroxylation sites is 2. The summed E-state index contributed by atoms with van der Waals surface area (Å²) >= 11 is 0. The molecule has 0 aliphatic heterocycles. The number of hydrogen-bond acceptors (Lipinski definition) is 5. The number of hydrogen-bond donors (Lipinski definition) is 1. The Bertz CT molecular complexity index is 1300. The summed E-state index contributed by atoms with van der Waals surface area (Å²) in [6.45, 7) is 5.71. The van der Waals surface area contributed by atoms with Crippen LogP contribution in [0, 0.1) is 0 Å². The van der Waals surface area contributed by atoms with Crippen molar-refractivity contribution in [3.05, 3.63) is 96.6 Å². The lowest BCUT2D eigenvalue weighted by atomic mass is 10.1. The van der Waals surface area contributed by atoms with Crippen LogP contribution in [0.5, 0.6) is 11.5 Å². The molecule has 1 amide bonds. The number of nitrogens with one attached hydrogen (secondary N) is 1. The third kappa shape index (κ3) is 6.30. The van der Waals surface area contributed by atoms with E-state index >= 15 is 0 Å². The lowest BCUT2D eigenvalue weighted by Crippen LogP contribution is -2.25. The van der Waals surface area contributed by atoms with Crippen LogP contribution in [-0.2, 0) is 19.4 Å². The van der Waals surface area contributed by atoms with E-state index in [4.69, 9.17) is 14.5 Å². The highest BCUT2D eigenvalue weighted by molar-refractivity contribution is 5.93. The molecule has 7 heteroatoms. The van der Waals surface area contributed by atoms with Crippen molar-refractivity contribution >= 4 is 16.9 Å². The van der Waals surface area contributed by atoms with Crippen LogP contribution in [0.1, 0.15) is 34.6 Å². The molecule has 7 nitrogen and oxygen atoms in total. The monoisotopic (exact) mass is 484 g/mol. The minimum absolute atomic E-state index is 0.110. The van der Waals surface area contributed by atoms with Crippen molar-refractivity contribution in [2.24, 2.45) is 0 Å². The van der Waals surface area contributed by atoms with Crippen LogP contribution in [0.3, 0.4) is 0 Å². The molecule has 0 aliphatic carbocycles. The van der Waals surface area contributed by atoms with Gasteiger partial charge in [0.1, 0.15) is 5.82 Å². The van der Waals surface area contributed by atoms with E-state index < -0.39 is 0 Å². The maximum atomic E-state index is 12.3. The van der Waals surface area contributed by atoms with E-state index in [2.05, 4.69) is 27.5 Å². The summed E-state index contributed by atoms with van der Waals surface area (Å²) in [5.74, 6) is 2.38. The normalized spacial score (nSPS) is 10.8. The number of methoxy groups -OCH3 is 1. The summed E-state index contributed by atoms with van der Waals surface area (Å²) < 4.78 is 13.8. The molecule has 2 heterocycles. The highest BCUT2D eigenvalue weighted by Crippen LogP contribution is 2.28. The Morgan fingerprint density at radius 1 is 1.11 bits per heavy atom. The van der Waals surface area contributed by atoms with Crippen molar-refractivity contribution in [2.45, 2.75) is 32.2 Å². The number of benzene rings is 2. The van der Waals surface area contributed by atoms with Crippen molar-refractivity contribution in [1.29, 1.82) is 0 Å². The van der Waals surface area contributed by atoms with Crippen LogP contribution in [0.4, 0.5) is 0 Å². The molecule has 36 heavy (non-hydrogen) atoms. The third-order valence-electron chi connectivity index (χ3n) is 5.91. The van der Waals surface area contributed by atoms with E-state index in [1.165, 1.54) is 0 Å². The van der Waals surface area contributed by atoms with Crippen molar-refractivity contribution in [3.8, 4) is 11.5 Å². The molecular weight excluding hydrogens is 452 g/mol. The number of rotatable bonds is 13. The highest BCUT2D eigenvalue weighted by Gasteiger charge is 2.12. The second kappa shape index (κ2) is 12.5. The second-order valence-electron chi connectivity index (χ2n) is 8.45. The fourth-order valence-electron chi connectivity index (χ4n) is 4.14. The molecule has 2 aromatic carbocycles. The van der Waals surface area contributed by atoms with E-state index in [9.17, 15) is 4.79 Å². The minimum atomic E-state index is -0.110. The number of allylic oxidation sites excluding steroid dienone is 1. The molecule has 0 saturated carbocycles. The molecule has 0 fully saturated rings. The largest absolute Gasteiger partial charge is 0.493 e. The molecule has 0 bridgehead atoms. The van der Waals surface area contributed by atoms with Gasteiger partial charge in [0.25, 0.3) is 5.91 Å². The SMILES string of the molecule is C=CCc1ccc(OCCCn2c(CCCNC(=O)c3cccnc3)nc3ccccc32)c(OC)c1. The van der Waals surface area contributed by atoms with Crippen LogP contribution >= 0.6 is 0 Å². The zero-order valence-electron chi connectivity index (χ0n) is 20.7. The zero-order chi connectivity index (χ0) is 25.2. The number of carbonyl (C=O) groups excluding carboxylic acids is 1. The molecule has 2 aromatic heterocycles. The molecule has 186 valence electrons. The molecule has 1 N–H and O–H groups in total. The lowest BCUT2D eigenvalue weighted by molar-refractivity contribution is 0.0952. The average Bonchev–Trinajstić information content (AvgIpc) is 3.27. The predicted molar refractivity (Wildman–Crippen MR) is 142 cm³/mol. The van der Waals surface area contributed by atoms with Gasteiger partial charge in [0.05, 0.1) is 30.3 Å². The smallest absolute Gasteiger partial charge is 0.252 e. The van der Waals surface area contributed by atoms with Gasteiger partial charge in [-0.2, -0.15) is 0 Å². The van der Waals surface area contributed by atoms with Gasteiger partial charge in [-0.3, -0.25) is 9.78 Å². The standard InChI is InChI=1S/C29H32N4O3/c1-3-9-22-14-15-26(27(20-22)35-2)36-19-8-18-33-25-12-5-4-11-24(25)32-28(33)13-7-17-31-29(34)23-10-6-16-30-21-23/h3-6,10-12,14-16,20-21H,1,7-9,13,17-19H2,2H3,(H,31,34). The number of aromatic nitrogens is 3. The lowest BCUT2D eigenvalue weighted by Gasteiger charge is -2.13. The quantitative estimate of drug-likeness (QED) is 0.213. The number of fused-ring (bicyclic) bond motifs is 1. The van der Waals surface area contributed by atoms with Crippen LogP contribution in [0.25, 0.3) is 11.0 Å². The number of nitrogens with zero attached hydrogens (tertiary/aromatic N) is 3. The van der Waals surface area contributed by atoms with Gasteiger partial charge in [0.2, 0.25) is 0 Å². The van der Waals surface area contributed by atoms with Gasteiger partial charge < -0.3 is 19.4 Å². The van der Waals surface area contributed by atoms with Crippen LogP contribution in [0.2, 0.25) is 0 Å². The summed E-state index contributed by atoms with van der Waals surface area (Å²) in [6.07, 6.45) is 8.27. The molecule has 0 aliphatic rings. The Kier molecular flexibility index (Phi) is 8.70. The number of pyridine rings is 1. The fraction of sp³-hybridized carbons (Fsp3) is 0.276. The summed E-state index contributed by atoms with van der Waals surface area (Å²) in [5, 5.41) is 2.96. The maximum Gasteiger partial charge on any atom is 0.252 e. The number of aryl methyl sites for hydroxylation is 2. The average molecular weight is 485 g/mol. The van der Waals surface area contributed by atoms with E-state index in [0.29, 0.717) is 18.7 Å². The summed E-state index contributed by atoms with van der Waals surface area (Å²) in [7, 11) is 1.66. The predicted octanol–water partition coefficient (Wildman–Crippen LogP) is 5.00. The molecule has 0 unspecified atom stereocenters. The van der Waals surface area contributed by atoms with Gasteiger partial charge in [0.15, 0.2) is 11.5 Å². The minimum Gasteiger partial charge on any atom is -0.493 e. The van der Waals surface area contributed by atoms with Crippen molar-refractivity contribution in [3.63, 3.8) is 0 Å². The van der Waals surface area contributed by atoms with Crippen molar-refractivity contribution in [1.82, 2.24) is 19.9 Å². The number of amides is 1. The van der Waals surface area contributed by atoms with Crippen LogP contribution in [0.15, 0.2) is 79.6 Å². The Morgan fingerprint density at radius 3 is 2.81 bits per heavy atom. The first-order chi connectivity index (χ1) is 17.7. The number of imidazole rings is 1. The van der Waals surface area contributed by atoms with E-state index in [-0.39, 0.29) is 5.91 Å². The Labute approximate surface area is 211 Å². The molecule has 0 saturated heterocycles. The molecule has 0 radical (unpaired) electrons. The first-order valence-electron chi connectivity index (χ1n) is 12.2. The van der Waals surface area contributed by atoms with Crippen LogP contribution < -0.4 is 14.8 Å². The molecule has 0 spiro atoms. The van der Waals surface area contributed by atoms with Crippen LogP contribution in [-0.4, -0.2) is 40.7 Å². The summed E-state index contributed by atoms with van der Waals surface area (Å²) in [5.41, 5.74) is 3.79. The van der Waals surface area contributed by atoms with Gasteiger partial charge in [-0.15, -0.1) is 6.58 Å². The van der Waals surface area contributed by atoms with Crippen molar-refractivity contribution < 1.29 is 14.3 Å². The number of carbonyl (C=O) groups is 1. The molecule has 4 aromatic rings. The first-order valence-corrected chi connectivity index (χ1v) is 12.2. The van der Waals surface area contributed by atoms with Crippen molar-refractivity contribution in [2.75, 3.05) is 20.3 Å². The highest BCUT2D eigenvalue weighted by atomic mass is 16.5. The van der Waals surface area contributed by atoms with E-state index in [0.717, 1.165) is 66.1 Å². The summed E-state index contributed by atoms with van der Waals surface area (Å²) in [4.78, 5) is 21.1. The third-order valence-corrected chi connectivity index (χ3v) is 5.91. The zero-order valence-corrected chi connectivity index (χ0v) is 20.7. The van der Waals surface area contributed by atoms with Gasteiger partial charge >= 0.3 is 0 Å². The Hall–Kier alpha value is -4.13. The molecule has 4 rings (SSSR count). The fourth-order valence-corrected chi connectivity index (χ4v) is 4.14. The first kappa shape index (κ1) is 25.0. The topological polar surface area (TPSA) is 78.3 Å². The summed E-state index contributed by atoms with van der Waals surface area (Å²) in [6, 6.07) is 17.7. The van der Waals surface area contributed by atoms with Gasteiger partial charge in [0, 0.05) is 31.9 Å². The van der Waals surface area contributed by atoms with Gasteiger partial charge in [-0.1, -0.05) is 24.3 Å². The van der Waals surface area contributed by atoms with Gasteiger partial charge in [-0.05, 0) is 61.2 Å². The molecular formula is C29H32N4O3. The van der Waals surface area contributed by atoms with E-state index in [1.807, 2.05) is 42.5 Å². The number of ether oxygens (including phenoxy) is 2.